The highest BCUT2D eigenvalue weighted by Gasteiger charge is 2.26. The molecule has 0 radical (unpaired) electrons. The number of aromatic nitrogens is 2. The lowest BCUT2D eigenvalue weighted by Crippen LogP contribution is -2.30. The van der Waals surface area contributed by atoms with Crippen LogP contribution >= 0.6 is 23.2 Å². The molecular formula is C30H28Cl2N4O3. The first kappa shape index (κ1) is 26.8. The van der Waals surface area contributed by atoms with E-state index in [9.17, 15) is 14.7 Å². The predicted octanol–water partition coefficient (Wildman–Crippen LogP) is 7.54. The van der Waals surface area contributed by atoms with Crippen molar-refractivity contribution in [1.82, 2.24) is 15.1 Å². The molecule has 0 atom stereocenters. The number of carbonyl (C=O) groups is 2. The lowest BCUT2D eigenvalue weighted by atomic mass is 10.0. The first-order valence-corrected chi connectivity index (χ1v) is 13.6. The van der Waals surface area contributed by atoms with Gasteiger partial charge in [-0.2, -0.15) is 9.78 Å². The lowest BCUT2D eigenvalue weighted by Gasteiger charge is -2.12. The van der Waals surface area contributed by atoms with Gasteiger partial charge >= 0.3 is 6.03 Å². The maximum atomic E-state index is 13.2. The monoisotopic (exact) mass is 562 g/mol. The molecule has 1 fully saturated rings. The molecule has 0 spiro atoms. The van der Waals surface area contributed by atoms with E-state index in [1.807, 2.05) is 37.3 Å². The number of halogens is 2. The molecule has 3 N–H and O–H groups in total. The smallest absolute Gasteiger partial charge is 0.342 e. The molecule has 5 rings (SSSR count). The summed E-state index contributed by atoms with van der Waals surface area (Å²) in [6.07, 6.45) is 4.17. The molecule has 3 aromatic carbocycles. The Morgan fingerprint density at radius 1 is 1.00 bits per heavy atom. The number of phenols is 1. The molecule has 0 aliphatic heterocycles. The van der Waals surface area contributed by atoms with E-state index in [1.165, 1.54) is 10.7 Å². The van der Waals surface area contributed by atoms with Crippen LogP contribution in [0.1, 0.15) is 58.8 Å². The van der Waals surface area contributed by atoms with E-state index >= 15 is 0 Å². The van der Waals surface area contributed by atoms with Crippen molar-refractivity contribution in [3.05, 3.63) is 99.2 Å². The van der Waals surface area contributed by atoms with Crippen molar-refractivity contribution in [2.75, 3.05) is 5.32 Å². The van der Waals surface area contributed by atoms with Crippen LogP contribution in [0.15, 0.2) is 66.7 Å². The minimum atomic E-state index is -0.490. The number of nitrogens with zero attached hydrogens (tertiary/aromatic N) is 2. The molecule has 2 amide bonds. The third kappa shape index (κ3) is 5.95. The van der Waals surface area contributed by atoms with Crippen LogP contribution in [0.5, 0.6) is 5.75 Å². The summed E-state index contributed by atoms with van der Waals surface area (Å²) in [5.74, 6) is -0.353. The molecule has 1 heterocycles. The van der Waals surface area contributed by atoms with Crippen molar-refractivity contribution in [2.45, 2.75) is 45.1 Å². The summed E-state index contributed by atoms with van der Waals surface area (Å²) in [6.45, 7) is 2.40. The van der Waals surface area contributed by atoms with Crippen LogP contribution in [0.25, 0.3) is 11.3 Å². The summed E-state index contributed by atoms with van der Waals surface area (Å²) < 4.78 is 1.42. The molecule has 200 valence electrons. The molecule has 7 nitrogen and oxygen atoms in total. The van der Waals surface area contributed by atoms with Gasteiger partial charge in [0.25, 0.3) is 5.91 Å². The number of nitrogens with one attached hydrogen (secondary N) is 2. The summed E-state index contributed by atoms with van der Waals surface area (Å²) in [6, 6.07) is 19.1. The molecule has 0 unspecified atom stereocenters. The fourth-order valence-electron chi connectivity index (χ4n) is 4.90. The third-order valence-electron chi connectivity index (χ3n) is 6.99. The van der Waals surface area contributed by atoms with Crippen molar-refractivity contribution in [3.63, 3.8) is 0 Å². The van der Waals surface area contributed by atoms with Crippen molar-refractivity contribution in [2.24, 2.45) is 0 Å². The van der Waals surface area contributed by atoms with Crippen LogP contribution in [0.4, 0.5) is 10.5 Å². The molecule has 1 saturated carbocycles. The standard InChI is InChI=1S/C30H28Cl2N4O3/c1-18-9-11-19(12-10-18)17-33-30(39)36-26(20-5-2-3-6-20)16-25(35-36)22-14-13-21(15-27(22)37)34-29(38)28-23(31)7-4-8-24(28)32/h4,7-16,20,37H,2-3,5-6,17H2,1H3,(H,33,39)(H,34,38). The maximum Gasteiger partial charge on any atom is 0.342 e. The molecule has 1 aromatic heterocycles. The number of benzene rings is 3. The molecule has 1 aliphatic carbocycles. The number of aryl methyl sites for hydroxylation is 1. The summed E-state index contributed by atoms with van der Waals surface area (Å²) in [5.41, 5.74) is 4.43. The van der Waals surface area contributed by atoms with Crippen LogP contribution < -0.4 is 10.6 Å². The minimum Gasteiger partial charge on any atom is -0.507 e. The van der Waals surface area contributed by atoms with Crippen molar-refractivity contribution in [1.29, 1.82) is 0 Å². The van der Waals surface area contributed by atoms with Crippen LogP contribution in [0, 0.1) is 6.92 Å². The van der Waals surface area contributed by atoms with Crippen molar-refractivity contribution < 1.29 is 14.7 Å². The van der Waals surface area contributed by atoms with Gasteiger partial charge in [-0.1, -0.05) is 71.9 Å². The first-order chi connectivity index (χ1) is 18.8. The van der Waals surface area contributed by atoms with Gasteiger partial charge in [-0.3, -0.25) is 4.79 Å². The van der Waals surface area contributed by atoms with Crippen molar-refractivity contribution >= 4 is 40.8 Å². The Morgan fingerprint density at radius 3 is 2.36 bits per heavy atom. The van der Waals surface area contributed by atoms with Gasteiger partial charge in [0.05, 0.1) is 27.0 Å². The Labute approximate surface area is 236 Å². The SMILES string of the molecule is Cc1ccc(CNC(=O)n2nc(-c3ccc(NC(=O)c4c(Cl)cccc4Cl)cc3O)cc2C2CCCC2)cc1. The van der Waals surface area contributed by atoms with E-state index in [0.29, 0.717) is 23.5 Å². The van der Waals surface area contributed by atoms with E-state index < -0.39 is 5.91 Å². The van der Waals surface area contributed by atoms with Crippen LogP contribution in [-0.4, -0.2) is 26.8 Å². The average Bonchev–Trinajstić information content (AvgIpc) is 3.59. The number of anilines is 1. The fraction of sp³-hybridized carbons (Fsp3) is 0.233. The van der Waals surface area contributed by atoms with Gasteiger partial charge in [0, 0.05) is 29.8 Å². The van der Waals surface area contributed by atoms with Gasteiger partial charge in [0.2, 0.25) is 0 Å². The number of carbonyl (C=O) groups excluding carboxylic acids is 2. The molecule has 9 heteroatoms. The van der Waals surface area contributed by atoms with Gasteiger partial charge in [-0.15, -0.1) is 0 Å². The zero-order valence-corrected chi connectivity index (χ0v) is 22.9. The lowest BCUT2D eigenvalue weighted by molar-refractivity contribution is 0.102. The molecule has 0 saturated heterocycles. The minimum absolute atomic E-state index is 0.0826. The molecular weight excluding hydrogens is 535 g/mol. The Hall–Kier alpha value is -3.81. The van der Waals surface area contributed by atoms with Crippen LogP contribution in [-0.2, 0) is 6.54 Å². The number of aromatic hydroxyl groups is 1. The summed E-state index contributed by atoms with van der Waals surface area (Å²) in [7, 11) is 0. The number of rotatable bonds is 6. The van der Waals surface area contributed by atoms with E-state index in [-0.39, 0.29) is 33.3 Å². The molecule has 4 aromatic rings. The maximum absolute atomic E-state index is 13.2. The van der Waals surface area contributed by atoms with E-state index in [1.54, 1.807) is 30.3 Å². The first-order valence-electron chi connectivity index (χ1n) is 12.8. The fourth-order valence-corrected chi connectivity index (χ4v) is 5.46. The number of hydrogen-bond acceptors (Lipinski definition) is 4. The second kappa shape index (κ2) is 11.5. The van der Waals surface area contributed by atoms with Crippen LogP contribution in [0.3, 0.4) is 0 Å². The number of amides is 2. The Kier molecular flexibility index (Phi) is 7.91. The quantitative estimate of drug-likeness (QED) is 0.226. The third-order valence-corrected chi connectivity index (χ3v) is 7.62. The average molecular weight is 563 g/mol. The normalized spacial score (nSPS) is 13.4. The Balaban J connectivity index is 1.38. The summed E-state index contributed by atoms with van der Waals surface area (Å²) in [5, 5.41) is 21.6. The van der Waals surface area contributed by atoms with Gasteiger partial charge < -0.3 is 15.7 Å². The highest BCUT2D eigenvalue weighted by Crippen LogP contribution is 2.38. The number of hydrogen-bond donors (Lipinski definition) is 3. The van der Waals surface area contributed by atoms with Gasteiger partial charge in [-0.25, -0.2) is 4.79 Å². The zero-order chi connectivity index (χ0) is 27.5. The highest BCUT2D eigenvalue weighted by molar-refractivity contribution is 6.40. The van der Waals surface area contributed by atoms with E-state index in [0.717, 1.165) is 42.5 Å². The predicted molar refractivity (Wildman–Crippen MR) is 154 cm³/mol. The zero-order valence-electron chi connectivity index (χ0n) is 21.4. The topological polar surface area (TPSA) is 96.3 Å². The molecule has 0 bridgehead atoms. The van der Waals surface area contributed by atoms with Crippen LogP contribution in [0.2, 0.25) is 10.0 Å². The van der Waals surface area contributed by atoms with Gasteiger partial charge in [-0.05, 0) is 55.7 Å². The number of phenolic OH excluding ortho intramolecular Hbond substituents is 1. The van der Waals surface area contributed by atoms with E-state index in [2.05, 4.69) is 15.7 Å². The van der Waals surface area contributed by atoms with Gasteiger partial charge in [0.1, 0.15) is 5.75 Å². The Bertz CT molecular complexity index is 1510. The summed E-state index contributed by atoms with van der Waals surface area (Å²) in [4.78, 5) is 26.0. The summed E-state index contributed by atoms with van der Waals surface area (Å²) >= 11 is 12.3. The second-order valence-corrected chi connectivity index (χ2v) is 10.6. The van der Waals surface area contributed by atoms with Crippen molar-refractivity contribution in [3.8, 4) is 17.0 Å². The molecule has 1 aliphatic rings. The van der Waals surface area contributed by atoms with E-state index in [4.69, 9.17) is 23.2 Å². The Morgan fingerprint density at radius 2 is 1.69 bits per heavy atom. The highest BCUT2D eigenvalue weighted by atomic mass is 35.5. The molecule has 39 heavy (non-hydrogen) atoms. The second-order valence-electron chi connectivity index (χ2n) is 9.77. The largest absolute Gasteiger partial charge is 0.507 e. The van der Waals surface area contributed by atoms with Gasteiger partial charge in [0.15, 0.2) is 0 Å².